The van der Waals surface area contributed by atoms with E-state index in [1.54, 1.807) is 19.2 Å². The summed E-state index contributed by atoms with van der Waals surface area (Å²) in [6, 6.07) is 4.79. The van der Waals surface area contributed by atoms with Crippen LogP contribution in [-0.4, -0.2) is 26.4 Å². The van der Waals surface area contributed by atoms with Crippen LogP contribution in [0, 0.1) is 5.82 Å². The van der Waals surface area contributed by atoms with Crippen molar-refractivity contribution >= 4 is 0 Å². The van der Waals surface area contributed by atoms with Crippen molar-refractivity contribution in [3.05, 3.63) is 29.6 Å². The third-order valence-electron chi connectivity index (χ3n) is 4.08. The molecular formula is C16H24FNO2. The molecule has 0 saturated heterocycles. The summed E-state index contributed by atoms with van der Waals surface area (Å²) >= 11 is 0. The van der Waals surface area contributed by atoms with Gasteiger partial charge < -0.3 is 14.8 Å². The van der Waals surface area contributed by atoms with Gasteiger partial charge in [0.1, 0.15) is 17.7 Å². The van der Waals surface area contributed by atoms with Crippen LogP contribution < -0.4 is 10.1 Å². The molecule has 0 amide bonds. The first-order valence-electron chi connectivity index (χ1n) is 7.30. The largest absolute Gasteiger partial charge is 0.490 e. The minimum Gasteiger partial charge on any atom is -0.490 e. The van der Waals surface area contributed by atoms with Crippen molar-refractivity contribution in [2.75, 3.05) is 14.2 Å². The third-order valence-corrected chi connectivity index (χ3v) is 4.08. The molecule has 1 aromatic rings. The molecule has 3 unspecified atom stereocenters. The SMILES string of the molecule is CNC(C)c1cc(F)ccc1OC1CCCC(OC)C1. The van der Waals surface area contributed by atoms with Crippen molar-refractivity contribution in [3.8, 4) is 5.75 Å². The number of hydrogen-bond donors (Lipinski definition) is 1. The van der Waals surface area contributed by atoms with Crippen molar-refractivity contribution in [1.29, 1.82) is 0 Å². The quantitative estimate of drug-likeness (QED) is 0.896. The highest BCUT2D eigenvalue weighted by molar-refractivity contribution is 5.36. The van der Waals surface area contributed by atoms with Gasteiger partial charge in [-0.15, -0.1) is 0 Å². The first-order valence-corrected chi connectivity index (χ1v) is 7.30. The fourth-order valence-electron chi connectivity index (χ4n) is 2.72. The monoisotopic (exact) mass is 281 g/mol. The second-order valence-electron chi connectivity index (χ2n) is 5.46. The Bertz CT molecular complexity index is 438. The Hall–Kier alpha value is -1.13. The molecule has 1 N–H and O–H groups in total. The minimum absolute atomic E-state index is 0.0579. The van der Waals surface area contributed by atoms with Gasteiger partial charge in [-0.3, -0.25) is 0 Å². The van der Waals surface area contributed by atoms with E-state index >= 15 is 0 Å². The molecular weight excluding hydrogens is 257 g/mol. The van der Waals surface area contributed by atoms with Crippen molar-refractivity contribution in [2.45, 2.75) is 50.9 Å². The highest BCUT2D eigenvalue weighted by Crippen LogP contribution is 2.30. The molecule has 3 atom stereocenters. The van der Waals surface area contributed by atoms with Crippen LogP contribution in [0.2, 0.25) is 0 Å². The Balaban J connectivity index is 2.12. The van der Waals surface area contributed by atoms with Crippen LogP contribution in [0.5, 0.6) is 5.75 Å². The lowest BCUT2D eigenvalue weighted by Gasteiger charge is -2.30. The first kappa shape index (κ1) is 15.3. The minimum atomic E-state index is -0.229. The average molecular weight is 281 g/mol. The lowest BCUT2D eigenvalue weighted by atomic mass is 9.94. The standard InChI is InChI=1S/C16H24FNO2/c1-11(18-2)15-9-12(17)7-8-16(15)20-14-6-4-5-13(10-14)19-3/h7-9,11,13-14,18H,4-6,10H2,1-3H3. The van der Waals surface area contributed by atoms with Gasteiger partial charge in [0.05, 0.1) is 6.10 Å². The van der Waals surface area contributed by atoms with Gasteiger partial charge in [-0.05, 0) is 51.4 Å². The zero-order valence-electron chi connectivity index (χ0n) is 12.5. The average Bonchev–Trinajstić information content (AvgIpc) is 2.48. The number of ether oxygens (including phenoxy) is 2. The van der Waals surface area contributed by atoms with E-state index in [1.807, 2.05) is 14.0 Å². The lowest BCUT2D eigenvalue weighted by Crippen LogP contribution is -2.30. The van der Waals surface area contributed by atoms with Crippen molar-refractivity contribution in [2.24, 2.45) is 0 Å². The molecule has 0 spiro atoms. The van der Waals surface area contributed by atoms with Gasteiger partial charge in [0, 0.05) is 25.1 Å². The summed E-state index contributed by atoms with van der Waals surface area (Å²) in [5.74, 6) is 0.544. The van der Waals surface area contributed by atoms with Gasteiger partial charge in [0.2, 0.25) is 0 Å². The van der Waals surface area contributed by atoms with E-state index in [1.165, 1.54) is 6.07 Å². The van der Waals surface area contributed by atoms with Crippen molar-refractivity contribution < 1.29 is 13.9 Å². The fourth-order valence-corrected chi connectivity index (χ4v) is 2.72. The number of hydrogen-bond acceptors (Lipinski definition) is 3. The Kier molecular flexibility index (Phi) is 5.38. The summed E-state index contributed by atoms with van der Waals surface area (Å²) in [5, 5.41) is 3.13. The summed E-state index contributed by atoms with van der Waals surface area (Å²) in [6.07, 6.45) is 4.58. The normalized spacial score (nSPS) is 24.4. The van der Waals surface area contributed by atoms with Crippen molar-refractivity contribution in [1.82, 2.24) is 5.32 Å². The molecule has 0 aromatic heterocycles. The van der Waals surface area contributed by atoms with Gasteiger partial charge in [-0.1, -0.05) is 0 Å². The highest BCUT2D eigenvalue weighted by Gasteiger charge is 2.24. The van der Waals surface area contributed by atoms with E-state index in [0.717, 1.165) is 37.0 Å². The van der Waals surface area contributed by atoms with Gasteiger partial charge in [-0.2, -0.15) is 0 Å². The Labute approximate surface area is 120 Å². The molecule has 1 saturated carbocycles. The van der Waals surface area contributed by atoms with Crippen LogP contribution >= 0.6 is 0 Å². The van der Waals surface area contributed by atoms with Gasteiger partial charge in [-0.25, -0.2) is 4.39 Å². The van der Waals surface area contributed by atoms with Gasteiger partial charge >= 0.3 is 0 Å². The molecule has 1 aliphatic carbocycles. The smallest absolute Gasteiger partial charge is 0.124 e. The molecule has 1 fully saturated rings. The number of halogens is 1. The summed E-state index contributed by atoms with van der Waals surface area (Å²) in [5.41, 5.74) is 0.868. The van der Waals surface area contributed by atoms with E-state index in [4.69, 9.17) is 9.47 Å². The fraction of sp³-hybridized carbons (Fsp3) is 0.625. The summed E-state index contributed by atoms with van der Waals surface area (Å²) in [7, 11) is 3.61. The van der Waals surface area contributed by atoms with Crippen LogP contribution in [0.15, 0.2) is 18.2 Å². The Morgan fingerprint density at radius 3 is 2.75 bits per heavy atom. The summed E-state index contributed by atoms with van der Waals surface area (Å²) in [6.45, 7) is 2.00. The maximum Gasteiger partial charge on any atom is 0.124 e. The number of nitrogens with one attached hydrogen (secondary N) is 1. The zero-order valence-corrected chi connectivity index (χ0v) is 12.5. The second-order valence-corrected chi connectivity index (χ2v) is 5.46. The molecule has 0 aliphatic heterocycles. The van der Waals surface area contributed by atoms with E-state index in [2.05, 4.69) is 5.32 Å². The topological polar surface area (TPSA) is 30.5 Å². The van der Waals surface area contributed by atoms with E-state index < -0.39 is 0 Å². The molecule has 0 bridgehead atoms. The molecule has 20 heavy (non-hydrogen) atoms. The van der Waals surface area contributed by atoms with Crippen LogP contribution in [-0.2, 0) is 4.74 Å². The van der Waals surface area contributed by atoms with Crippen LogP contribution in [0.4, 0.5) is 4.39 Å². The molecule has 1 aromatic carbocycles. The van der Waals surface area contributed by atoms with Crippen LogP contribution in [0.1, 0.15) is 44.2 Å². The molecule has 1 aliphatic rings. The van der Waals surface area contributed by atoms with Gasteiger partial charge in [0.25, 0.3) is 0 Å². The third kappa shape index (κ3) is 3.70. The maximum absolute atomic E-state index is 13.4. The highest BCUT2D eigenvalue weighted by atomic mass is 19.1. The molecule has 0 heterocycles. The second kappa shape index (κ2) is 7.04. The predicted molar refractivity (Wildman–Crippen MR) is 77.6 cm³/mol. The molecule has 112 valence electrons. The molecule has 4 heteroatoms. The van der Waals surface area contributed by atoms with Crippen molar-refractivity contribution in [3.63, 3.8) is 0 Å². The Morgan fingerprint density at radius 2 is 2.05 bits per heavy atom. The van der Waals surface area contributed by atoms with Crippen LogP contribution in [0.3, 0.4) is 0 Å². The van der Waals surface area contributed by atoms with Crippen LogP contribution in [0.25, 0.3) is 0 Å². The number of rotatable bonds is 5. The number of methoxy groups -OCH3 is 1. The lowest BCUT2D eigenvalue weighted by molar-refractivity contribution is 0.0205. The van der Waals surface area contributed by atoms with E-state index in [-0.39, 0.29) is 24.1 Å². The first-order chi connectivity index (χ1) is 9.63. The number of benzene rings is 1. The van der Waals surface area contributed by atoms with E-state index in [9.17, 15) is 4.39 Å². The zero-order chi connectivity index (χ0) is 14.5. The predicted octanol–water partition coefficient (Wildman–Crippen LogP) is 3.44. The summed E-state index contributed by atoms with van der Waals surface area (Å²) in [4.78, 5) is 0. The summed E-state index contributed by atoms with van der Waals surface area (Å²) < 4.78 is 25.0. The van der Waals surface area contributed by atoms with E-state index in [0.29, 0.717) is 0 Å². The molecule has 3 nitrogen and oxygen atoms in total. The maximum atomic E-state index is 13.4. The Morgan fingerprint density at radius 1 is 1.30 bits per heavy atom. The molecule has 2 rings (SSSR count). The van der Waals surface area contributed by atoms with Gasteiger partial charge in [0.15, 0.2) is 0 Å². The molecule has 0 radical (unpaired) electrons.